The van der Waals surface area contributed by atoms with Gasteiger partial charge in [0, 0.05) is 12.2 Å². The van der Waals surface area contributed by atoms with Crippen molar-refractivity contribution in [2.45, 2.75) is 25.8 Å². The van der Waals surface area contributed by atoms with Crippen LogP contribution in [-0.2, 0) is 11.2 Å². The second kappa shape index (κ2) is 8.99. The second-order valence-electron chi connectivity index (χ2n) is 6.87. The minimum absolute atomic E-state index is 0.285. The number of carboxylic acid groups (broad SMARTS) is 1. The number of rotatable bonds is 8. The molecule has 0 radical (unpaired) electrons. The summed E-state index contributed by atoms with van der Waals surface area (Å²) >= 11 is 0. The predicted molar refractivity (Wildman–Crippen MR) is 107 cm³/mol. The quantitative estimate of drug-likeness (QED) is 0.560. The summed E-state index contributed by atoms with van der Waals surface area (Å²) in [4.78, 5) is 23.6. The molecule has 28 heavy (non-hydrogen) atoms. The maximum atomic E-state index is 12.4. The molecule has 0 saturated carbocycles. The van der Waals surface area contributed by atoms with Crippen LogP contribution >= 0.6 is 0 Å². The van der Waals surface area contributed by atoms with Crippen LogP contribution in [0.5, 0.6) is 0 Å². The average Bonchev–Trinajstić information content (AvgIpc) is 3.24. The third-order valence-electron chi connectivity index (χ3n) is 4.67. The highest BCUT2D eigenvalue weighted by Crippen LogP contribution is 2.20. The van der Waals surface area contributed by atoms with Crippen molar-refractivity contribution in [3.63, 3.8) is 0 Å². The van der Waals surface area contributed by atoms with E-state index >= 15 is 0 Å². The van der Waals surface area contributed by atoms with Gasteiger partial charge in [0.15, 0.2) is 0 Å². The van der Waals surface area contributed by atoms with Crippen molar-refractivity contribution in [2.24, 2.45) is 5.92 Å². The fourth-order valence-electron chi connectivity index (χ4n) is 3.12. The van der Waals surface area contributed by atoms with Crippen LogP contribution in [-0.4, -0.2) is 33.2 Å². The van der Waals surface area contributed by atoms with Gasteiger partial charge in [0.2, 0.25) is 0 Å². The van der Waals surface area contributed by atoms with Crippen LogP contribution in [0.15, 0.2) is 66.9 Å². The summed E-state index contributed by atoms with van der Waals surface area (Å²) in [5, 5.41) is 18.7. The first kappa shape index (κ1) is 19.4. The smallest absolute Gasteiger partial charge is 0.306 e. The Labute approximate surface area is 163 Å². The van der Waals surface area contributed by atoms with Gasteiger partial charge in [-0.1, -0.05) is 61.5 Å². The minimum atomic E-state index is -0.876. The van der Waals surface area contributed by atoms with E-state index in [1.54, 1.807) is 19.2 Å². The lowest BCUT2D eigenvalue weighted by atomic mass is 9.95. The van der Waals surface area contributed by atoms with E-state index in [1.165, 1.54) is 0 Å². The van der Waals surface area contributed by atoms with Crippen molar-refractivity contribution in [3.05, 3.63) is 78.1 Å². The summed E-state index contributed by atoms with van der Waals surface area (Å²) in [7, 11) is 0. The van der Waals surface area contributed by atoms with Crippen molar-refractivity contribution in [2.75, 3.05) is 0 Å². The summed E-state index contributed by atoms with van der Waals surface area (Å²) in [6, 6.07) is 19.5. The predicted octanol–water partition coefficient (Wildman–Crippen LogP) is 3.53. The number of nitrogens with zero attached hydrogens (tertiary/aromatic N) is 1. The van der Waals surface area contributed by atoms with Crippen molar-refractivity contribution in [3.8, 4) is 11.1 Å². The van der Waals surface area contributed by atoms with E-state index in [1.807, 2.05) is 42.5 Å². The van der Waals surface area contributed by atoms with E-state index < -0.39 is 11.9 Å². The van der Waals surface area contributed by atoms with Crippen LogP contribution in [0.3, 0.4) is 0 Å². The van der Waals surface area contributed by atoms with Crippen LogP contribution in [0.25, 0.3) is 11.1 Å². The highest BCUT2D eigenvalue weighted by Gasteiger charge is 2.21. The lowest BCUT2D eigenvalue weighted by Gasteiger charge is -2.20. The molecule has 0 fully saturated rings. The summed E-state index contributed by atoms with van der Waals surface area (Å²) in [6.07, 6.45) is 2.46. The molecule has 144 valence electrons. The number of aromatic amines is 1. The molecule has 0 aliphatic rings. The van der Waals surface area contributed by atoms with Crippen LogP contribution in [0.1, 0.15) is 29.4 Å². The van der Waals surface area contributed by atoms with Gasteiger partial charge in [-0.25, -0.2) is 0 Å². The molecule has 3 aromatic rings. The molecule has 2 aromatic carbocycles. The van der Waals surface area contributed by atoms with Gasteiger partial charge in [-0.2, -0.15) is 5.10 Å². The van der Waals surface area contributed by atoms with Crippen LogP contribution in [0.4, 0.5) is 0 Å². The Balaban J connectivity index is 1.72. The zero-order valence-corrected chi connectivity index (χ0v) is 15.6. The lowest BCUT2D eigenvalue weighted by molar-refractivity contribution is -0.141. The summed E-state index contributed by atoms with van der Waals surface area (Å²) < 4.78 is 0. The van der Waals surface area contributed by atoms with Gasteiger partial charge in [0.25, 0.3) is 5.91 Å². The van der Waals surface area contributed by atoms with Crippen molar-refractivity contribution < 1.29 is 14.7 Å². The summed E-state index contributed by atoms with van der Waals surface area (Å²) in [5.74, 6) is -1.75. The zero-order valence-electron chi connectivity index (χ0n) is 15.6. The Morgan fingerprint density at radius 1 is 1.04 bits per heavy atom. The standard InChI is InChI=1S/C22H23N3O3/c1-15(22(27)28)13-19(24-21(26)20-11-12-23-25-20)14-16-7-9-18(10-8-16)17-5-3-2-4-6-17/h2-12,15,19H,13-14H2,1H3,(H,23,25)(H,24,26)(H,27,28)/t15-,19?/m1/s1. The van der Waals surface area contributed by atoms with E-state index in [4.69, 9.17) is 0 Å². The molecule has 0 aliphatic carbocycles. The number of carbonyl (C=O) groups excluding carboxylic acids is 1. The zero-order chi connectivity index (χ0) is 19.9. The number of benzene rings is 2. The maximum absolute atomic E-state index is 12.4. The van der Waals surface area contributed by atoms with Crippen LogP contribution in [0.2, 0.25) is 0 Å². The van der Waals surface area contributed by atoms with Crippen molar-refractivity contribution in [1.82, 2.24) is 15.5 Å². The molecule has 1 unspecified atom stereocenters. The number of amides is 1. The number of aliphatic carboxylic acids is 1. The van der Waals surface area contributed by atoms with E-state index in [0.29, 0.717) is 12.8 Å². The maximum Gasteiger partial charge on any atom is 0.306 e. The number of H-pyrrole nitrogens is 1. The summed E-state index contributed by atoms with van der Waals surface area (Å²) in [6.45, 7) is 1.65. The first-order valence-electron chi connectivity index (χ1n) is 9.20. The second-order valence-corrected chi connectivity index (χ2v) is 6.87. The average molecular weight is 377 g/mol. The van der Waals surface area contributed by atoms with Crippen molar-refractivity contribution in [1.29, 1.82) is 0 Å². The third-order valence-corrected chi connectivity index (χ3v) is 4.67. The van der Waals surface area contributed by atoms with E-state index in [2.05, 4.69) is 27.6 Å². The molecule has 1 amide bonds. The molecule has 3 rings (SSSR count). The molecule has 3 N–H and O–H groups in total. The van der Waals surface area contributed by atoms with Crippen LogP contribution in [0, 0.1) is 5.92 Å². The Bertz CT molecular complexity index is 906. The fraction of sp³-hybridized carbons (Fsp3) is 0.227. The molecule has 6 heteroatoms. The number of nitrogens with one attached hydrogen (secondary N) is 2. The molecule has 0 aliphatic heterocycles. The monoisotopic (exact) mass is 377 g/mol. The van der Waals surface area contributed by atoms with Gasteiger partial charge >= 0.3 is 5.97 Å². The number of carboxylic acids is 1. The molecule has 1 heterocycles. The molecule has 0 saturated heterocycles. The normalized spacial score (nSPS) is 12.9. The summed E-state index contributed by atoms with van der Waals surface area (Å²) in [5.41, 5.74) is 3.56. The van der Waals surface area contributed by atoms with E-state index in [0.717, 1.165) is 16.7 Å². The Kier molecular flexibility index (Phi) is 6.22. The molecular weight excluding hydrogens is 354 g/mol. The van der Waals surface area contributed by atoms with Gasteiger partial charge in [-0.15, -0.1) is 0 Å². The molecular formula is C22H23N3O3. The molecule has 6 nitrogen and oxygen atoms in total. The number of hydrogen-bond donors (Lipinski definition) is 3. The van der Waals surface area contributed by atoms with Gasteiger partial charge in [0.1, 0.15) is 5.69 Å². The third kappa shape index (κ3) is 5.07. The van der Waals surface area contributed by atoms with E-state index in [9.17, 15) is 14.7 Å². The number of carbonyl (C=O) groups is 2. The lowest BCUT2D eigenvalue weighted by Crippen LogP contribution is -2.38. The molecule has 0 spiro atoms. The molecule has 1 aromatic heterocycles. The highest BCUT2D eigenvalue weighted by molar-refractivity contribution is 5.92. The topological polar surface area (TPSA) is 95.1 Å². The fourth-order valence-corrected chi connectivity index (χ4v) is 3.12. The van der Waals surface area contributed by atoms with E-state index in [-0.39, 0.29) is 17.6 Å². The van der Waals surface area contributed by atoms with Gasteiger partial charge in [-0.3, -0.25) is 14.7 Å². The Morgan fingerprint density at radius 3 is 2.32 bits per heavy atom. The number of aromatic nitrogens is 2. The van der Waals surface area contributed by atoms with Crippen molar-refractivity contribution >= 4 is 11.9 Å². The highest BCUT2D eigenvalue weighted by atomic mass is 16.4. The Hall–Kier alpha value is -3.41. The first-order chi connectivity index (χ1) is 13.5. The largest absolute Gasteiger partial charge is 0.481 e. The Morgan fingerprint density at radius 2 is 1.71 bits per heavy atom. The molecule has 2 atom stereocenters. The first-order valence-corrected chi connectivity index (χ1v) is 9.20. The molecule has 0 bridgehead atoms. The SMILES string of the molecule is C[C@H](CC(Cc1ccc(-c2ccccc2)cc1)NC(=O)c1cc[nH]n1)C(=O)O. The minimum Gasteiger partial charge on any atom is -0.481 e. The van der Waals surface area contributed by atoms with Gasteiger partial charge in [-0.05, 0) is 35.6 Å². The number of hydrogen-bond acceptors (Lipinski definition) is 3. The van der Waals surface area contributed by atoms with Gasteiger partial charge < -0.3 is 10.4 Å². The van der Waals surface area contributed by atoms with Crippen LogP contribution < -0.4 is 5.32 Å². The van der Waals surface area contributed by atoms with Gasteiger partial charge in [0.05, 0.1) is 5.92 Å².